The lowest BCUT2D eigenvalue weighted by Crippen LogP contribution is -2.13. The Bertz CT molecular complexity index is 658. The minimum absolute atomic E-state index is 0.176. The summed E-state index contributed by atoms with van der Waals surface area (Å²) in [5.41, 5.74) is 1.94. The van der Waals surface area contributed by atoms with Crippen LogP contribution in [0.1, 0.15) is 40.9 Å². The summed E-state index contributed by atoms with van der Waals surface area (Å²) in [4.78, 5) is 27.4. The van der Waals surface area contributed by atoms with Crippen molar-refractivity contribution in [3.05, 3.63) is 28.1 Å². The number of rotatable bonds is 6. The topological polar surface area (TPSA) is 94.3 Å². The first-order valence-electron chi connectivity index (χ1n) is 6.85. The van der Waals surface area contributed by atoms with Crippen LogP contribution in [0.2, 0.25) is 0 Å². The Morgan fingerprint density at radius 2 is 2.18 bits per heavy atom. The Morgan fingerprint density at radius 1 is 1.41 bits per heavy atom. The van der Waals surface area contributed by atoms with Gasteiger partial charge in [0.05, 0.1) is 12.3 Å². The molecule has 0 spiro atoms. The molecule has 118 valence electrons. The van der Waals surface area contributed by atoms with E-state index < -0.39 is 5.97 Å². The molecular formula is C14H17N3O4S. The van der Waals surface area contributed by atoms with Gasteiger partial charge in [-0.05, 0) is 27.2 Å². The lowest BCUT2D eigenvalue weighted by Gasteiger charge is -2.01. The van der Waals surface area contributed by atoms with Crippen LogP contribution in [-0.4, -0.2) is 28.6 Å². The minimum Gasteiger partial charge on any atom is -0.461 e. The van der Waals surface area contributed by atoms with Crippen molar-refractivity contribution in [1.29, 1.82) is 0 Å². The fourth-order valence-electron chi connectivity index (χ4n) is 1.91. The van der Waals surface area contributed by atoms with Gasteiger partial charge in [-0.15, -0.1) is 11.3 Å². The molecule has 2 aromatic heterocycles. The van der Waals surface area contributed by atoms with E-state index >= 15 is 0 Å². The van der Waals surface area contributed by atoms with Crippen LogP contribution in [0.3, 0.4) is 0 Å². The van der Waals surface area contributed by atoms with Gasteiger partial charge in [0.2, 0.25) is 5.91 Å². The van der Waals surface area contributed by atoms with Crippen molar-refractivity contribution in [1.82, 2.24) is 10.1 Å². The van der Waals surface area contributed by atoms with Gasteiger partial charge < -0.3 is 14.6 Å². The molecule has 0 aliphatic rings. The molecule has 0 aromatic carbocycles. The van der Waals surface area contributed by atoms with Gasteiger partial charge in [0.15, 0.2) is 10.8 Å². The van der Waals surface area contributed by atoms with Crippen molar-refractivity contribution in [2.24, 2.45) is 0 Å². The summed E-state index contributed by atoms with van der Waals surface area (Å²) in [6.45, 7) is 5.67. The monoisotopic (exact) mass is 323 g/mol. The molecule has 8 heteroatoms. The number of amides is 1. The first-order valence-corrected chi connectivity index (χ1v) is 7.73. The Hall–Kier alpha value is -2.22. The quantitative estimate of drug-likeness (QED) is 0.821. The van der Waals surface area contributed by atoms with Gasteiger partial charge in [-0.3, -0.25) is 4.79 Å². The maximum absolute atomic E-state index is 11.9. The normalized spacial score (nSPS) is 10.5. The summed E-state index contributed by atoms with van der Waals surface area (Å²) in [6, 6.07) is 0. The number of nitrogens with zero attached hydrogens (tertiary/aromatic N) is 2. The molecule has 2 aromatic rings. The maximum atomic E-state index is 11.9. The average Bonchev–Trinajstić information content (AvgIpc) is 3.05. The van der Waals surface area contributed by atoms with Gasteiger partial charge in [0, 0.05) is 17.4 Å². The Balaban J connectivity index is 1.88. The van der Waals surface area contributed by atoms with E-state index in [1.54, 1.807) is 12.3 Å². The molecule has 7 nitrogen and oxygen atoms in total. The number of ether oxygens (including phenoxy) is 1. The molecule has 1 N–H and O–H groups in total. The Labute approximate surface area is 131 Å². The van der Waals surface area contributed by atoms with Crippen LogP contribution in [0.5, 0.6) is 0 Å². The van der Waals surface area contributed by atoms with E-state index in [1.165, 1.54) is 11.3 Å². The largest absolute Gasteiger partial charge is 0.461 e. The smallest absolute Gasteiger partial charge is 0.357 e. The number of hydrogen-bond acceptors (Lipinski definition) is 7. The van der Waals surface area contributed by atoms with Crippen molar-refractivity contribution < 1.29 is 18.8 Å². The molecule has 0 radical (unpaired) electrons. The lowest BCUT2D eigenvalue weighted by molar-refractivity contribution is -0.116. The summed E-state index contributed by atoms with van der Waals surface area (Å²) in [7, 11) is 0. The fraction of sp³-hybridized carbons (Fsp3) is 0.429. The van der Waals surface area contributed by atoms with Crippen molar-refractivity contribution in [3.8, 4) is 0 Å². The molecular weight excluding hydrogens is 306 g/mol. The van der Waals surface area contributed by atoms with E-state index in [0.29, 0.717) is 11.6 Å². The van der Waals surface area contributed by atoms with Gasteiger partial charge in [0.1, 0.15) is 5.76 Å². The number of aromatic nitrogens is 2. The van der Waals surface area contributed by atoms with Crippen molar-refractivity contribution in [3.63, 3.8) is 0 Å². The summed E-state index contributed by atoms with van der Waals surface area (Å²) >= 11 is 1.19. The highest BCUT2D eigenvalue weighted by Gasteiger charge is 2.14. The molecule has 1 amide bonds. The summed E-state index contributed by atoms with van der Waals surface area (Å²) in [6.07, 6.45) is 0.834. The van der Waals surface area contributed by atoms with Crippen LogP contribution >= 0.6 is 11.3 Å². The highest BCUT2D eigenvalue weighted by Crippen LogP contribution is 2.18. The Kier molecular flexibility index (Phi) is 5.26. The predicted molar refractivity (Wildman–Crippen MR) is 81.0 cm³/mol. The number of nitrogens with one attached hydrogen (secondary N) is 1. The zero-order valence-electron chi connectivity index (χ0n) is 12.6. The standard InChI is InChI=1S/C14H17N3O4S/c1-4-20-13(19)11-7-22-14(15-11)16-12(18)6-5-10-8(2)17-21-9(10)3/h7H,4-6H2,1-3H3,(H,15,16,18). The molecule has 2 rings (SSSR count). The summed E-state index contributed by atoms with van der Waals surface area (Å²) < 4.78 is 9.90. The number of carbonyl (C=O) groups excluding carboxylic acids is 2. The molecule has 2 heterocycles. The first-order chi connectivity index (χ1) is 10.5. The number of carbonyl (C=O) groups is 2. The number of thiazole rings is 1. The second-order valence-electron chi connectivity index (χ2n) is 4.61. The number of aryl methyl sites for hydroxylation is 2. The lowest BCUT2D eigenvalue weighted by atomic mass is 10.1. The minimum atomic E-state index is -0.491. The van der Waals surface area contributed by atoms with E-state index in [-0.39, 0.29) is 24.6 Å². The fourth-order valence-corrected chi connectivity index (χ4v) is 2.61. The van der Waals surface area contributed by atoms with Gasteiger partial charge in [-0.25, -0.2) is 9.78 Å². The highest BCUT2D eigenvalue weighted by atomic mass is 32.1. The summed E-state index contributed by atoms with van der Waals surface area (Å²) in [5, 5.41) is 8.46. The van der Waals surface area contributed by atoms with Crippen molar-refractivity contribution in [2.75, 3.05) is 11.9 Å². The highest BCUT2D eigenvalue weighted by molar-refractivity contribution is 7.14. The molecule has 0 bridgehead atoms. The zero-order chi connectivity index (χ0) is 16.1. The van der Waals surface area contributed by atoms with E-state index in [2.05, 4.69) is 15.5 Å². The van der Waals surface area contributed by atoms with Crippen LogP contribution < -0.4 is 5.32 Å². The molecule has 0 saturated heterocycles. The SMILES string of the molecule is CCOC(=O)c1csc(NC(=O)CCc2c(C)noc2C)n1. The van der Waals surface area contributed by atoms with E-state index in [1.807, 2.05) is 13.8 Å². The number of esters is 1. The summed E-state index contributed by atoms with van der Waals surface area (Å²) in [5.74, 6) is 0.0591. The van der Waals surface area contributed by atoms with E-state index in [4.69, 9.17) is 9.26 Å². The average molecular weight is 323 g/mol. The van der Waals surface area contributed by atoms with Crippen LogP contribution in [0.25, 0.3) is 0 Å². The van der Waals surface area contributed by atoms with Crippen LogP contribution in [0, 0.1) is 13.8 Å². The van der Waals surface area contributed by atoms with Gasteiger partial charge in [0.25, 0.3) is 0 Å². The predicted octanol–water partition coefficient (Wildman–Crippen LogP) is 2.50. The molecule has 0 fully saturated rings. The van der Waals surface area contributed by atoms with E-state index in [0.717, 1.165) is 17.0 Å². The molecule has 0 saturated carbocycles. The number of anilines is 1. The molecule has 0 atom stereocenters. The third kappa shape index (κ3) is 3.91. The second-order valence-corrected chi connectivity index (χ2v) is 5.47. The Morgan fingerprint density at radius 3 is 2.82 bits per heavy atom. The molecule has 22 heavy (non-hydrogen) atoms. The van der Waals surface area contributed by atoms with Crippen molar-refractivity contribution in [2.45, 2.75) is 33.6 Å². The van der Waals surface area contributed by atoms with Gasteiger partial charge in [-0.2, -0.15) is 0 Å². The second kappa shape index (κ2) is 7.17. The van der Waals surface area contributed by atoms with Crippen LogP contribution in [-0.2, 0) is 16.0 Å². The first kappa shape index (κ1) is 16.2. The molecule has 0 aliphatic heterocycles. The van der Waals surface area contributed by atoms with Gasteiger partial charge >= 0.3 is 5.97 Å². The van der Waals surface area contributed by atoms with Crippen molar-refractivity contribution >= 4 is 28.3 Å². The zero-order valence-corrected chi connectivity index (χ0v) is 13.5. The maximum Gasteiger partial charge on any atom is 0.357 e. The third-order valence-corrected chi connectivity index (χ3v) is 3.78. The molecule has 0 aliphatic carbocycles. The van der Waals surface area contributed by atoms with E-state index in [9.17, 15) is 9.59 Å². The molecule has 0 unspecified atom stereocenters. The third-order valence-electron chi connectivity index (χ3n) is 3.02. The van der Waals surface area contributed by atoms with Gasteiger partial charge in [-0.1, -0.05) is 5.16 Å². The number of hydrogen-bond donors (Lipinski definition) is 1. The van der Waals surface area contributed by atoms with Crippen LogP contribution in [0.4, 0.5) is 5.13 Å². The van der Waals surface area contributed by atoms with Crippen LogP contribution in [0.15, 0.2) is 9.90 Å².